The maximum Gasteiger partial charge on any atom is 0.145 e. The number of hydrogen-bond acceptors (Lipinski definition) is 5. The Kier molecular flexibility index (Phi) is 3.02. The zero-order valence-corrected chi connectivity index (χ0v) is 9.35. The number of rotatable bonds is 1. The summed E-state index contributed by atoms with van der Waals surface area (Å²) in [4.78, 5) is 10.7. The second-order valence-electron chi connectivity index (χ2n) is 4.24. The Morgan fingerprint density at radius 1 is 1.62 bits per heavy atom. The predicted molar refractivity (Wildman–Crippen MR) is 60.6 cm³/mol. The molecule has 1 aromatic heterocycles. The molecule has 1 aliphatic heterocycles. The van der Waals surface area contributed by atoms with Crippen LogP contribution in [0.3, 0.4) is 0 Å². The van der Waals surface area contributed by atoms with Gasteiger partial charge in [0.25, 0.3) is 0 Å². The van der Waals surface area contributed by atoms with Gasteiger partial charge in [0.1, 0.15) is 23.3 Å². The summed E-state index contributed by atoms with van der Waals surface area (Å²) in [6.45, 7) is 2.09. The fourth-order valence-corrected chi connectivity index (χ4v) is 2.07. The molecule has 0 aromatic carbocycles. The van der Waals surface area contributed by atoms with E-state index in [1.54, 1.807) is 0 Å². The summed E-state index contributed by atoms with van der Waals surface area (Å²) in [5, 5.41) is 8.74. The van der Waals surface area contributed by atoms with Gasteiger partial charge in [0.2, 0.25) is 0 Å². The number of hydrogen-bond donors (Lipinski definition) is 1. The van der Waals surface area contributed by atoms with Crippen molar-refractivity contribution in [1.82, 2.24) is 14.9 Å². The molecule has 1 aliphatic rings. The quantitative estimate of drug-likeness (QED) is 0.750. The Hall–Kier alpha value is -1.67. The lowest BCUT2D eigenvalue weighted by molar-refractivity contribution is 0.246. The molecule has 0 bridgehead atoms. The van der Waals surface area contributed by atoms with E-state index in [9.17, 15) is 0 Å². The molecule has 1 fully saturated rings. The average Bonchev–Trinajstić information content (AvgIpc) is 2.29. The van der Waals surface area contributed by atoms with Gasteiger partial charge >= 0.3 is 0 Å². The minimum absolute atomic E-state index is 0.292. The van der Waals surface area contributed by atoms with Crippen LogP contribution in [0.15, 0.2) is 6.20 Å². The molecule has 84 valence electrons. The molecule has 0 radical (unpaired) electrons. The fourth-order valence-electron chi connectivity index (χ4n) is 2.07. The van der Waals surface area contributed by atoms with Gasteiger partial charge in [-0.25, -0.2) is 9.97 Å². The first-order chi connectivity index (χ1) is 7.70. The largest absolute Gasteiger partial charge is 0.382 e. The van der Waals surface area contributed by atoms with Crippen LogP contribution in [0.1, 0.15) is 30.1 Å². The molecule has 0 saturated carbocycles. The molecular weight excluding hydrogens is 202 g/mol. The number of piperidine rings is 1. The maximum atomic E-state index is 8.74. The van der Waals surface area contributed by atoms with Gasteiger partial charge in [0, 0.05) is 12.5 Å². The highest BCUT2D eigenvalue weighted by molar-refractivity contribution is 5.46. The minimum atomic E-state index is 0.292. The zero-order valence-electron chi connectivity index (χ0n) is 9.35. The molecule has 5 nitrogen and oxygen atoms in total. The molecule has 0 aliphatic carbocycles. The number of likely N-dealkylation sites (tertiary alicyclic amines) is 1. The van der Waals surface area contributed by atoms with E-state index in [4.69, 9.17) is 11.0 Å². The highest BCUT2D eigenvalue weighted by atomic mass is 15.1. The van der Waals surface area contributed by atoms with Crippen molar-refractivity contribution in [2.45, 2.75) is 18.8 Å². The standard InChI is InChI=1S/C11H15N5/c1-16-4-2-3-8(7-16)11-14-6-9(5-12)10(13)15-11/h6,8H,2-4,7H2,1H3,(H2,13,14,15). The molecule has 1 saturated heterocycles. The van der Waals surface area contributed by atoms with Crippen molar-refractivity contribution in [3.05, 3.63) is 17.6 Å². The molecule has 0 spiro atoms. The van der Waals surface area contributed by atoms with Crippen LogP contribution < -0.4 is 5.73 Å². The van der Waals surface area contributed by atoms with E-state index in [0.717, 1.165) is 31.8 Å². The summed E-state index contributed by atoms with van der Waals surface area (Å²) in [6, 6.07) is 1.97. The molecular formula is C11H15N5. The molecule has 2 rings (SSSR count). The second-order valence-corrected chi connectivity index (χ2v) is 4.24. The molecule has 2 heterocycles. The highest BCUT2D eigenvalue weighted by Gasteiger charge is 2.21. The van der Waals surface area contributed by atoms with Crippen LogP contribution in [0.4, 0.5) is 5.82 Å². The number of likely N-dealkylation sites (N-methyl/N-ethyl adjacent to an activating group) is 1. The van der Waals surface area contributed by atoms with Gasteiger partial charge in [-0.2, -0.15) is 5.26 Å². The molecule has 1 unspecified atom stereocenters. The summed E-state index contributed by atoms with van der Waals surface area (Å²) in [5.41, 5.74) is 6.04. The lowest BCUT2D eigenvalue weighted by Crippen LogP contribution is -2.31. The number of anilines is 1. The van der Waals surface area contributed by atoms with Crippen molar-refractivity contribution in [2.24, 2.45) is 0 Å². The van der Waals surface area contributed by atoms with Gasteiger partial charge in [0.05, 0.1) is 6.20 Å². The Morgan fingerprint density at radius 2 is 2.44 bits per heavy atom. The summed E-state index contributed by atoms with van der Waals surface area (Å²) in [5.74, 6) is 1.40. The third-order valence-corrected chi connectivity index (χ3v) is 2.95. The highest BCUT2D eigenvalue weighted by Crippen LogP contribution is 2.24. The molecule has 2 N–H and O–H groups in total. The number of nitrogens with zero attached hydrogens (tertiary/aromatic N) is 4. The van der Waals surface area contributed by atoms with Gasteiger partial charge in [-0.1, -0.05) is 0 Å². The summed E-state index contributed by atoms with van der Waals surface area (Å²) >= 11 is 0. The van der Waals surface area contributed by atoms with E-state index < -0.39 is 0 Å². The van der Waals surface area contributed by atoms with Crippen LogP contribution in [0.25, 0.3) is 0 Å². The third kappa shape index (κ3) is 2.12. The lowest BCUT2D eigenvalue weighted by atomic mass is 9.97. The summed E-state index contributed by atoms with van der Waals surface area (Å²) in [6.07, 6.45) is 3.77. The number of nitriles is 1. The Bertz CT molecular complexity index is 423. The Balaban J connectivity index is 2.21. The first-order valence-corrected chi connectivity index (χ1v) is 5.41. The number of nitrogen functional groups attached to an aromatic ring is 1. The molecule has 1 atom stereocenters. The van der Waals surface area contributed by atoms with Gasteiger partial charge in [-0.05, 0) is 26.4 Å². The van der Waals surface area contributed by atoms with Gasteiger partial charge < -0.3 is 10.6 Å². The van der Waals surface area contributed by atoms with Gasteiger partial charge in [-0.15, -0.1) is 0 Å². The van der Waals surface area contributed by atoms with Gasteiger partial charge in [-0.3, -0.25) is 0 Å². The van der Waals surface area contributed by atoms with Crippen molar-refractivity contribution in [3.8, 4) is 6.07 Å². The maximum absolute atomic E-state index is 8.74. The average molecular weight is 217 g/mol. The third-order valence-electron chi connectivity index (χ3n) is 2.95. The Labute approximate surface area is 94.9 Å². The van der Waals surface area contributed by atoms with Crippen molar-refractivity contribution in [1.29, 1.82) is 5.26 Å². The number of aromatic nitrogens is 2. The van der Waals surface area contributed by atoms with Crippen LogP contribution >= 0.6 is 0 Å². The van der Waals surface area contributed by atoms with Crippen molar-refractivity contribution in [3.63, 3.8) is 0 Å². The van der Waals surface area contributed by atoms with E-state index >= 15 is 0 Å². The van der Waals surface area contributed by atoms with Crippen LogP contribution in [0.2, 0.25) is 0 Å². The zero-order chi connectivity index (χ0) is 11.5. The minimum Gasteiger partial charge on any atom is -0.382 e. The normalized spacial score (nSPS) is 21.6. The van der Waals surface area contributed by atoms with E-state index in [2.05, 4.69) is 21.9 Å². The van der Waals surface area contributed by atoms with Gasteiger partial charge in [0.15, 0.2) is 0 Å². The van der Waals surface area contributed by atoms with Crippen LogP contribution in [0, 0.1) is 11.3 Å². The van der Waals surface area contributed by atoms with Crippen LogP contribution in [-0.4, -0.2) is 35.0 Å². The van der Waals surface area contributed by atoms with E-state index in [1.165, 1.54) is 6.20 Å². The Morgan fingerprint density at radius 3 is 3.06 bits per heavy atom. The van der Waals surface area contributed by atoms with Crippen LogP contribution in [-0.2, 0) is 0 Å². The fraction of sp³-hybridized carbons (Fsp3) is 0.545. The molecule has 1 aromatic rings. The first kappa shape index (κ1) is 10.8. The smallest absolute Gasteiger partial charge is 0.145 e. The molecule has 5 heteroatoms. The summed E-state index contributed by atoms with van der Waals surface area (Å²) in [7, 11) is 2.10. The summed E-state index contributed by atoms with van der Waals surface area (Å²) < 4.78 is 0. The molecule has 0 amide bonds. The van der Waals surface area contributed by atoms with Crippen molar-refractivity contribution < 1.29 is 0 Å². The number of nitrogens with two attached hydrogens (primary N) is 1. The van der Waals surface area contributed by atoms with Crippen molar-refractivity contribution >= 4 is 5.82 Å². The van der Waals surface area contributed by atoms with Crippen molar-refractivity contribution in [2.75, 3.05) is 25.9 Å². The van der Waals surface area contributed by atoms with Crippen LogP contribution in [0.5, 0.6) is 0 Å². The molecule has 16 heavy (non-hydrogen) atoms. The monoisotopic (exact) mass is 217 g/mol. The SMILES string of the molecule is CN1CCCC(c2ncc(C#N)c(N)n2)C1. The predicted octanol–water partition coefficient (Wildman–Crippen LogP) is 0.740. The second kappa shape index (κ2) is 4.45. The van der Waals surface area contributed by atoms with E-state index in [-0.39, 0.29) is 0 Å². The lowest BCUT2D eigenvalue weighted by Gasteiger charge is -2.28. The van der Waals surface area contributed by atoms with E-state index in [0.29, 0.717) is 17.3 Å². The topological polar surface area (TPSA) is 78.8 Å². The van der Waals surface area contributed by atoms with E-state index in [1.807, 2.05) is 6.07 Å². The first-order valence-electron chi connectivity index (χ1n) is 5.41.